The molecule has 29 heavy (non-hydrogen) atoms. The highest BCUT2D eigenvalue weighted by Crippen LogP contribution is 2.69. The number of carboxylic acid groups (broad SMARTS) is 1. The van der Waals surface area contributed by atoms with Crippen LogP contribution in [0.25, 0.3) is 10.1 Å². The summed E-state index contributed by atoms with van der Waals surface area (Å²) in [5.74, 6) is -1.88. The van der Waals surface area contributed by atoms with E-state index in [9.17, 15) is 23.2 Å². The summed E-state index contributed by atoms with van der Waals surface area (Å²) in [6.45, 7) is 2.23. The Morgan fingerprint density at radius 2 is 1.72 bits per heavy atom. The van der Waals surface area contributed by atoms with E-state index in [-0.39, 0.29) is 28.9 Å². The van der Waals surface area contributed by atoms with Crippen molar-refractivity contribution in [2.45, 2.75) is 19.5 Å². The maximum absolute atomic E-state index is 14.9. The number of aromatic hydroxyl groups is 1. The summed E-state index contributed by atoms with van der Waals surface area (Å²) >= 11 is 20.8. The lowest BCUT2D eigenvalue weighted by molar-refractivity contribution is 0.0393. The fourth-order valence-corrected chi connectivity index (χ4v) is 5.51. The molecule has 2 N–H and O–H groups in total. The Labute approximate surface area is 189 Å². The molecule has 0 saturated heterocycles. The number of carboxylic acids is 1. The van der Waals surface area contributed by atoms with Gasteiger partial charge in [-0.25, -0.2) is 4.79 Å². The highest BCUT2D eigenvalue weighted by atomic mass is 35.6. The summed E-state index contributed by atoms with van der Waals surface area (Å²) in [4.78, 5) is 9.48. The number of phenolic OH excluding ortho intramolecular Hbond substituents is 1. The largest absolute Gasteiger partial charge is 0.506 e. The lowest BCUT2D eigenvalue weighted by Crippen LogP contribution is -2.17. The molecule has 6 nitrogen and oxygen atoms in total. The molecule has 2 rings (SSSR count). The normalized spacial score (nSPS) is 11.9. The third-order valence-corrected chi connectivity index (χ3v) is 7.23. The van der Waals surface area contributed by atoms with Crippen molar-refractivity contribution in [3.05, 3.63) is 27.6 Å². The minimum Gasteiger partial charge on any atom is -0.506 e. The Morgan fingerprint density at radius 1 is 1.24 bits per heavy atom. The summed E-state index contributed by atoms with van der Waals surface area (Å²) in [5.41, 5.74) is -4.40. The first-order valence-electron chi connectivity index (χ1n) is 7.70. The quantitative estimate of drug-likeness (QED) is 0.296. The number of thiophene rings is 1. The van der Waals surface area contributed by atoms with Gasteiger partial charge in [0.05, 0.1) is 28.5 Å². The van der Waals surface area contributed by atoms with E-state index in [1.54, 1.807) is 0 Å². The zero-order valence-corrected chi connectivity index (χ0v) is 19.5. The number of benzene rings is 1. The van der Waals surface area contributed by atoms with Crippen LogP contribution in [0.5, 0.6) is 5.75 Å². The van der Waals surface area contributed by atoms with Gasteiger partial charge >= 0.3 is 24.2 Å². The first kappa shape index (κ1) is 26.7. The summed E-state index contributed by atoms with van der Waals surface area (Å²) in [7, 11) is -4.88. The molecule has 0 amide bonds. The number of hydrogen-bond acceptors (Lipinski definition) is 6. The van der Waals surface area contributed by atoms with Gasteiger partial charge in [0.2, 0.25) is 0 Å². The van der Waals surface area contributed by atoms with Crippen LogP contribution in [0.15, 0.2) is 12.1 Å². The molecular formula is C14H14BCl4F2O6PS. The molecule has 162 valence electrons. The predicted octanol–water partition coefficient (Wildman–Crippen LogP) is 6.96. The molecule has 0 aliphatic carbocycles. The Hall–Kier alpha value is -0.315. The highest BCUT2D eigenvalue weighted by molar-refractivity contribution is 7.55. The molecule has 0 atom stereocenters. The van der Waals surface area contributed by atoms with E-state index in [4.69, 9.17) is 60.1 Å². The SMILES string of the molecule is CCOP(=O)(OCC)C(F)(F)c1sc2c(O)cc(C(=O)O)cc2c1Cl.ClB(Cl)Cl. The van der Waals surface area contributed by atoms with E-state index < -0.39 is 39.8 Å². The van der Waals surface area contributed by atoms with Gasteiger partial charge in [-0.15, -0.1) is 11.3 Å². The van der Waals surface area contributed by atoms with E-state index >= 15 is 0 Å². The molecule has 0 aliphatic heterocycles. The zero-order valence-electron chi connectivity index (χ0n) is 14.8. The third kappa shape index (κ3) is 6.11. The number of halogens is 6. The topological polar surface area (TPSA) is 93.1 Å². The summed E-state index contributed by atoms with van der Waals surface area (Å²) in [6.07, 6.45) is 0. The number of aromatic carboxylic acids is 1. The molecular weight excluding hydrogens is 518 g/mol. The van der Waals surface area contributed by atoms with E-state index in [0.29, 0.717) is 11.3 Å². The minimum atomic E-state index is -4.88. The van der Waals surface area contributed by atoms with Crippen LogP contribution >= 0.6 is 64.9 Å². The molecule has 0 spiro atoms. The maximum atomic E-state index is 14.9. The lowest BCUT2D eigenvalue weighted by atomic mass is 10.1. The van der Waals surface area contributed by atoms with Gasteiger partial charge in [-0.1, -0.05) is 11.6 Å². The Morgan fingerprint density at radius 3 is 2.14 bits per heavy atom. The van der Waals surface area contributed by atoms with Gasteiger partial charge in [-0.3, -0.25) is 4.57 Å². The van der Waals surface area contributed by atoms with Crippen molar-refractivity contribution in [2.75, 3.05) is 13.2 Å². The smallest absolute Gasteiger partial charge is 0.450 e. The van der Waals surface area contributed by atoms with Gasteiger partial charge in [0.1, 0.15) is 10.6 Å². The van der Waals surface area contributed by atoms with Crippen LogP contribution < -0.4 is 0 Å². The van der Waals surface area contributed by atoms with Crippen LogP contribution in [0.3, 0.4) is 0 Å². The molecule has 0 radical (unpaired) electrons. The number of rotatable bonds is 7. The van der Waals surface area contributed by atoms with Gasteiger partial charge in [0.25, 0.3) is 0 Å². The van der Waals surface area contributed by atoms with Crippen LogP contribution in [-0.2, 0) is 19.3 Å². The van der Waals surface area contributed by atoms with Crippen molar-refractivity contribution in [1.29, 1.82) is 0 Å². The van der Waals surface area contributed by atoms with Gasteiger partial charge in [0.15, 0.2) is 0 Å². The highest BCUT2D eigenvalue weighted by Gasteiger charge is 2.57. The first-order chi connectivity index (χ1) is 13.3. The van der Waals surface area contributed by atoms with Crippen LogP contribution in [0, 0.1) is 0 Å². The average Bonchev–Trinajstić information content (AvgIpc) is 2.93. The monoisotopic (exact) mass is 530 g/mol. The van der Waals surface area contributed by atoms with Crippen molar-refractivity contribution in [1.82, 2.24) is 0 Å². The second kappa shape index (κ2) is 10.8. The van der Waals surface area contributed by atoms with Crippen LogP contribution in [0.2, 0.25) is 5.02 Å². The Kier molecular flexibility index (Phi) is 9.97. The molecule has 0 bridgehead atoms. The number of alkyl halides is 2. The second-order valence-corrected chi connectivity index (χ2v) is 10.5. The lowest BCUT2D eigenvalue weighted by Gasteiger charge is -2.25. The molecule has 2 aromatic rings. The zero-order chi connectivity index (χ0) is 22.6. The summed E-state index contributed by atoms with van der Waals surface area (Å²) in [5, 5.41) is 18.3. The standard InChI is InChI=1S/C14H14ClF2O6PS.BCl3/c1-3-22-24(21,23-4-2)14(16,17)12-10(15)8-5-7(13(19)20)6-9(18)11(8)25-12;2-1(3)4/h5-6,18H,3-4H2,1-2H3,(H,19,20);. The molecule has 0 fully saturated rings. The van der Waals surface area contributed by atoms with Crippen molar-refractivity contribution in [3.63, 3.8) is 0 Å². The van der Waals surface area contributed by atoms with Crippen LogP contribution in [-0.4, -0.2) is 34.4 Å². The van der Waals surface area contributed by atoms with Gasteiger partial charge in [-0.05, 0) is 26.0 Å². The fraction of sp³-hybridized carbons (Fsp3) is 0.357. The Balaban J connectivity index is 0.000000960. The molecule has 0 unspecified atom stereocenters. The number of fused-ring (bicyclic) bond motifs is 1. The maximum Gasteiger partial charge on any atom is 0.450 e. The molecule has 0 aliphatic rings. The number of carbonyl (C=O) groups is 1. The molecule has 1 aromatic heterocycles. The fourth-order valence-electron chi connectivity index (χ4n) is 2.13. The Bertz CT molecular complexity index is 916. The van der Waals surface area contributed by atoms with E-state index in [1.807, 2.05) is 0 Å². The minimum absolute atomic E-state index is 0.0516. The average molecular weight is 532 g/mol. The van der Waals surface area contributed by atoms with Crippen molar-refractivity contribution < 1.29 is 37.4 Å². The second-order valence-electron chi connectivity index (χ2n) is 5.04. The van der Waals surface area contributed by atoms with Crippen molar-refractivity contribution in [2.24, 2.45) is 0 Å². The van der Waals surface area contributed by atoms with Crippen LogP contribution in [0.1, 0.15) is 29.1 Å². The summed E-state index contributed by atoms with van der Waals surface area (Å²) in [6, 6.07) is 1.98. The van der Waals surface area contributed by atoms with Gasteiger partial charge in [0, 0.05) is 5.39 Å². The van der Waals surface area contributed by atoms with E-state index in [1.165, 1.54) is 13.8 Å². The summed E-state index contributed by atoms with van der Waals surface area (Å²) < 4.78 is 51.7. The number of hydrogen-bond donors (Lipinski definition) is 2. The van der Waals surface area contributed by atoms with Crippen LogP contribution in [0.4, 0.5) is 8.78 Å². The van der Waals surface area contributed by atoms with Gasteiger partial charge in [-0.2, -0.15) is 43.2 Å². The van der Waals surface area contributed by atoms with Crippen molar-refractivity contribution in [3.8, 4) is 5.75 Å². The molecule has 1 heterocycles. The van der Waals surface area contributed by atoms with E-state index in [2.05, 4.69) is 0 Å². The molecule has 15 heteroatoms. The number of phenols is 1. The van der Waals surface area contributed by atoms with E-state index in [0.717, 1.165) is 12.1 Å². The first-order valence-corrected chi connectivity index (χ1v) is 11.7. The predicted molar refractivity (Wildman–Crippen MR) is 114 cm³/mol. The molecule has 0 saturated carbocycles. The van der Waals surface area contributed by atoms with Crippen molar-refractivity contribution >= 4 is 85.9 Å². The van der Waals surface area contributed by atoms with Gasteiger partial charge < -0.3 is 19.3 Å². The third-order valence-electron chi connectivity index (χ3n) is 3.17. The molecule has 1 aromatic carbocycles.